The molecule has 5 nitrogen and oxygen atoms in total. The van der Waals surface area contributed by atoms with Crippen molar-refractivity contribution in [2.45, 2.75) is 39.5 Å². The van der Waals surface area contributed by atoms with Gasteiger partial charge in [-0.1, -0.05) is 27.7 Å². The normalized spacial score (nSPS) is 13.5. The zero-order valence-corrected chi connectivity index (χ0v) is 9.48. The second-order valence-corrected chi connectivity index (χ2v) is 4.31. The summed E-state index contributed by atoms with van der Waals surface area (Å²) in [6, 6.07) is 0. The van der Waals surface area contributed by atoms with Gasteiger partial charge in [-0.05, 0) is 11.8 Å². The van der Waals surface area contributed by atoms with Crippen LogP contribution in [0.5, 0.6) is 0 Å². The van der Waals surface area contributed by atoms with E-state index in [0.717, 1.165) is 5.69 Å². The summed E-state index contributed by atoms with van der Waals surface area (Å²) >= 11 is 0. The molecule has 1 aromatic heterocycles. The van der Waals surface area contributed by atoms with Crippen molar-refractivity contribution in [1.82, 2.24) is 15.4 Å². The van der Waals surface area contributed by atoms with Crippen molar-refractivity contribution < 1.29 is 9.90 Å². The van der Waals surface area contributed by atoms with Gasteiger partial charge in [0.15, 0.2) is 0 Å². The standard InChI is InChI=1S/C10H17N3O2/c1-5(2)7(10(14)15)9-8(6(3)4)11-13-12-9/h5-7H,1-4H3,(H,14,15)(H,11,12,13). The summed E-state index contributed by atoms with van der Waals surface area (Å²) in [6.45, 7) is 7.69. The number of aliphatic carboxylic acids is 1. The predicted octanol–water partition coefficient (Wildman–Crippen LogP) is 1.75. The van der Waals surface area contributed by atoms with E-state index in [9.17, 15) is 4.79 Å². The van der Waals surface area contributed by atoms with Gasteiger partial charge in [0.2, 0.25) is 0 Å². The van der Waals surface area contributed by atoms with E-state index < -0.39 is 11.9 Å². The highest BCUT2D eigenvalue weighted by molar-refractivity contribution is 5.76. The minimum atomic E-state index is -0.846. The van der Waals surface area contributed by atoms with E-state index in [1.165, 1.54) is 0 Å². The molecule has 0 saturated carbocycles. The van der Waals surface area contributed by atoms with Gasteiger partial charge in [0, 0.05) is 0 Å². The molecule has 0 radical (unpaired) electrons. The van der Waals surface area contributed by atoms with Crippen LogP contribution < -0.4 is 0 Å². The Morgan fingerprint density at radius 1 is 1.20 bits per heavy atom. The highest BCUT2D eigenvalue weighted by atomic mass is 16.4. The summed E-state index contributed by atoms with van der Waals surface area (Å²) in [6.07, 6.45) is 0. The molecule has 1 unspecified atom stereocenters. The van der Waals surface area contributed by atoms with Crippen LogP contribution in [-0.4, -0.2) is 26.5 Å². The highest BCUT2D eigenvalue weighted by Gasteiger charge is 2.29. The Hall–Kier alpha value is -1.39. The first-order chi connectivity index (χ1) is 6.95. The highest BCUT2D eigenvalue weighted by Crippen LogP contribution is 2.28. The lowest BCUT2D eigenvalue weighted by molar-refractivity contribution is -0.140. The Morgan fingerprint density at radius 3 is 2.13 bits per heavy atom. The Bertz CT molecular complexity index is 344. The molecule has 15 heavy (non-hydrogen) atoms. The van der Waals surface area contributed by atoms with E-state index in [2.05, 4.69) is 15.4 Å². The molecular formula is C10H17N3O2. The molecular weight excluding hydrogens is 194 g/mol. The van der Waals surface area contributed by atoms with Gasteiger partial charge < -0.3 is 5.11 Å². The van der Waals surface area contributed by atoms with E-state index in [-0.39, 0.29) is 11.8 Å². The van der Waals surface area contributed by atoms with Gasteiger partial charge in [0.1, 0.15) is 11.6 Å². The van der Waals surface area contributed by atoms with Crippen LogP contribution in [0.25, 0.3) is 0 Å². The summed E-state index contributed by atoms with van der Waals surface area (Å²) in [7, 11) is 0. The molecule has 0 aliphatic heterocycles. The lowest BCUT2D eigenvalue weighted by Crippen LogP contribution is -2.19. The lowest BCUT2D eigenvalue weighted by Gasteiger charge is -2.15. The first-order valence-corrected chi connectivity index (χ1v) is 5.08. The largest absolute Gasteiger partial charge is 0.481 e. The molecule has 0 saturated heterocycles. The second kappa shape index (κ2) is 4.42. The number of aromatic nitrogens is 3. The molecule has 1 aromatic rings. The molecule has 0 aliphatic carbocycles. The van der Waals surface area contributed by atoms with Crippen molar-refractivity contribution in [2.75, 3.05) is 0 Å². The van der Waals surface area contributed by atoms with E-state index >= 15 is 0 Å². The molecule has 0 fully saturated rings. The van der Waals surface area contributed by atoms with Gasteiger partial charge in [0.05, 0.1) is 5.69 Å². The van der Waals surface area contributed by atoms with Gasteiger partial charge in [0.25, 0.3) is 0 Å². The number of rotatable bonds is 4. The van der Waals surface area contributed by atoms with Crippen LogP contribution in [0.4, 0.5) is 0 Å². The van der Waals surface area contributed by atoms with Crippen molar-refractivity contribution in [1.29, 1.82) is 0 Å². The van der Waals surface area contributed by atoms with Crippen LogP contribution in [0, 0.1) is 5.92 Å². The van der Waals surface area contributed by atoms with Gasteiger partial charge in [-0.15, -0.1) is 0 Å². The predicted molar refractivity (Wildman–Crippen MR) is 55.7 cm³/mol. The average Bonchev–Trinajstić information content (AvgIpc) is 2.51. The topological polar surface area (TPSA) is 78.9 Å². The van der Waals surface area contributed by atoms with Crippen molar-refractivity contribution in [3.05, 3.63) is 11.4 Å². The van der Waals surface area contributed by atoms with Crippen molar-refractivity contribution in [3.8, 4) is 0 Å². The number of carbonyl (C=O) groups is 1. The second-order valence-electron chi connectivity index (χ2n) is 4.31. The molecule has 0 amide bonds. The number of nitrogens with zero attached hydrogens (tertiary/aromatic N) is 2. The Kier molecular flexibility index (Phi) is 3.44. The maximum Gasteiger partial charge on any atom is 0.312 e. The first kappa shape index (κ1) is 11.7. The molecule has 0 aliphatic rings. The quantitative estimate of drug-likeness (QED) is 0.795. The number of aromatic amines is 1. The number of nitrogens with one attached hydrogen (secondary N) is 1. The van der Waals surface area contributed by atoms with Gasteiger partial charge in [-0.2, -0.15) is 15.4 Å². The van der Waals surface area contributed by atoms with Crippen LogP contribution in [-0.2, 0) is 4.79 Å². The van der Waals surface area contributed by atoms with Crippen LogP contribution in [0.3, 0.4) is 0 Å². The molecule has 1 atom stereocenters. The summed E-state index contributed by atoms with van der Waals surface area (Å²) in [5.41, 5.74) is 1.31. The minimum absolute atomic E-state index is 0.00472. The van der Waals surface area contributed by atoms with Crippen molar-refractivity contribution in [2.24, 2.45) is 5.92 Å². The molecule has 0 bridgehead atoms. The van der Waals surface area contributed by atoms with Crippen molar-refractivity contribution >= 4 is 5.97 Å². The summed E-state index contributed by atoms with van der Waals surface area (Å²) < 4.78 is 0. The summed E-state index contributed by atoms with van der Waals surface area (Å²) in [4.78, 5) is 11.1. The number of carboxylic acid groups (broad SMARTS) is 1. The maximum absolute atomic E-state index is 11.1. The molecule has 84 valence electrons. The van der Waals surface area contributed by atoms with Crippen LogP contribution >= 0.6 is 0 Å². The summed E-state index contributed by atoms with van der Waals surface area (Å²) in [5, 5.41) is 19.6. The van der Waals surface area contributed by atoms with E-state index in [1.807, 2.05) is 27.7 Å². The zero-order chi connectivity index (χ0) is 11.6. The molecule has 5 heteroatoms. The fourth-order valence-corrected chi connectivity index (χ4v) is 1.62. The van der Waals surface area contributed by atoms with Crippen LogP contribution in [0.2, 0.25) is 0 Å². The van der Waals surface area contributed by atoms with Gasteiger partial charge >= 0.3 is 5.97 Å². The molecule has 0 spiro atoms. The maximum atomic E-state index is 11.1. The third kappa shape index (κ3) is 2.34. The van der Waals surface area contributed by atoms with Gasteiger partial charge in [-0.3, -0.25) is 4.79 Å². The number of H-pyrrole nitrogens is 1. The Balaban J connectivity index is 3.11. The molecule has 1 heterocycles. The SMILES string of the molecule is CC(C)c1n[nH]nc1C(C(=O)O)C(C)C. The summed E-state index contributed by atoms with van der Waals surface area (Å²) in [5.74, 6) is -1.24. The van der Waals surface area contributed by atoms with Crippen LogP contribution in [0.15, 0.2) is 0 Å². The lowest BCUT2D eigenvalue weighted by atomic mass is 9.89. The number of hydrogen-bond donors (Lipinski definition) is 2. The fourth-order valence-electron chi connectivity index (χ4n) is 1.62. The monoisotopic (exact) mass is 211 g/mol. The zero-order valence-electron chi connectivity index (χ0n) is 9.48. The van der Waals surface area contributed by atoms with Gasteiger partial charge in [-0.25, -0.2) is 0 Å². The Labute approximate surface area is 88.9 Å². The van der Waals surface area contributed by atoms with E-state index in [1.54, 1.807) is 0 Å². The Morgan fingerprint density at radius 2 is 1.73 bits per heavy atom. The number of hydrogen-bond acceptors (Lipinski definition) is 3. The third-order valence-corrected chi connectivity index (χ3v) is 2.38. The van der Waals surface area contributed by atoms with E-state index in [4.69, 9.17) is 5.11 Å². The third-order valence-electron chi connectivity index (χ3n) is 2.38. The van der Waals surface area contributed by atoms with Crippen molar-refractivity contribution in [3.63, 3.8) is 0 Å². The smallest absolute Gasteiger partial charge is 0.312 e. The molecule has 1 rings (SSSR count). The molecule has 0 aromatic carbocycles. The molecule has 2 N–H and O–H groups in total. The first-order valence-electron chi connectivity index (χ1n) is 5.08. The average molecular weight is 211 g/mol. The van der Waals surface area contributed by atoms with Crippen LogP contribution in [0.1, 0.15) is 50.9 Å². The fraction of sp³-hybridized carbons (Fsp3) is 0.700. The van der Waals surface area contributed by atoms with E-state index in [0.29, 0.717) is 5.69 Å². The number of carboxylic acids is 1. The minimum Gasteiger partial charge on any atom is -0.481 e.